The third-order valence-corrected chi connectivity index (χ3v) is 4.02. The van der Waals surface area contributed by atoms with Crippen molar-refractivity contribution in [3.8, 4) is 11.8 Å². The summed E-state index contributed by atoms with van der Waals surface area (Å²) in [6.45, 7) is 4.76. The summed E-state index contributed by atoms with van der Waals surface area (Å²) in [6, 6.07) is 7.65. The van der Waals surface area contributed by atoms with E-state index >= 15 is 0 Å². The minimum atomic E-state index is -0.0126. The van der Waals surface area contributed by atoms with Gasteiger partial charge in [-0.25, -0.2) is 0 Å². The van der Waals surface area contributed by atoms with Crippen molar-refractivity contribution in [1.29, 1.82) is 0 Å². The predicted octanol–water partition coefficient (Wildman–Crippen LogP) is 2.31. The number of rotatable bonds is 2. The van der Waals surface area contributed by atoms with Gasteiger partial charge in [-0.1, -0.05) is 38.2 Å². The van der Waals surface area contributed by atoms with Crippen LogP contribution >= 0.6 is 0 Å². The molecule has 0 bridgehead atoms. The van der Waals surface area contributed by atoms with Crippen LogP contribution in [0, 0.1) is 17.3 Å². The summed E-state index contributed by atoms with van der Waals surface area (Å²) >= 11 is 0. The zero-order valence-corrected chi connectivity index (χ0v) is 12.2. The summed E-state index contributed by atoms with van der Waals surface area (Å²) in [5.74, 6) is 5.74. The highest BCUT2D eigenvalue weighted by molar-refractivity contribution is 5.94. The lowest BCUT2D eigenvalue weighted by Gasteiger charge is -2.27. The van der Waals surface area contributed by atoms with Crippen LogP contribution in [0.2, 0.25) is 0 Å². The van der Waals surface area contributed by atoms with Gasteiger partial charge in [0.2, 0.25) is 0 Å². The number of hydrogen-bond donors (Lipinski definition) is 2. The molecule has 1 aromatic rings. The molecule has 1 atom stereocenters. The first-order valence-corrected chi connectivity index (χ1v) is 7.13. The van der Waals surface area contributed by atoms with Gasteiger partial charge in [0, 0.05) is 17.2 Å². The molecule has 0 spiro atoms. The Bertz CT molecular complexity index is 552. The van der Waals surface area contributed by atoms with Gasteiger partial charge in [-0.3, -0.25) is 4.79 Å². The first-order chi connectivity index (χ1) is 9.53. The molecule has 2 rings (SSSR count). The van der Waals surface area contributed by atoms with Crippen LogP contribution in [-0.2, 0) is 0 Å². The topological polar surface area (TPSA) is 55.1 Å². The van der Waals surface area contributed by atoms with Crippen LogP contribution in [0.15, 0.2) is 24.3 Å². The molecule has 1 amide bonds. The molecule has 1 aliphatic rings. The minimum Gasteiger partial charge on any atom is -0.349 e. The van der Waals surface area contributed by atoms with E-state index in [4.69, 9.17) is 5.73 Å². The fraction of sp³-hybridized carbons (Fsp3) is 0.471. The standard InChI is InChI=1S/C17H22N2O/c1-17(2)10-4-9-15(17)19-16(20)14-8-3-6-13(12-14)7-5-11-18/h3,6,8,12,15H,4,9-11,18H2,1-2H3,(H,19,20). The largest absolute Gasteiger partial charge is 0.349 e. The number of amides is 1. The number of carbonyl (C=O) groups excluding carboxylic acids is 1. The molecule has 3 heteroatoms. The molecular formula is C17H22N2O. The second kappa shape index (κ2) is 6.11. The Labute approximate surface area is 120 Å². The van der Waals surface area contributed by atoms with Crippen LogP contribution in [0.3, 0.4) is 0 Å². The number of nitrogens with one attached hydrogen (secondary N) is 1. The lowest BCUT2D eigenvalue weighted by Crippen LogP contribution is -2.41. The molecule has 0 radical (unpaired) electrons. The summed E-state index contributed by atoms with van der Waals surface area (Å²) in [5, 5.41) is 3.16. The molecular weight excluding hydrogens is 248 g/mol. The maximum absolute atomic E-state index is 12.3. The average molecular weight is 270 g/mol. The molecule has 3 nitrogen and oxygen atoms in total. The van der Waals surface area contributed by atoms with Crippen LogP contribution in [-0.4, -0.2) is 18.5 Å². The maximum atomic E-state index is 12.3. The SMILES string of the molecule is CC1(C)CCCC1NC(=O)c1cccc(C#CCN)c1. The highest BCUT2D eigenvalue weighted by atomic mass is 16.1. The van der Waals surface area contributed by atoms with Crippen molar-refractivity contribution in [3.05, 3.63) is 35.4 Å². The van der Waals surface area contributed by atoms with Gasteiger partial charge >= 0.3 is 0 Å². The van der Waals surface area contributed by atoms with Crippen molar-refractivity contribution in [1.82, 2.24) is 5.32 Å². The zero-order chi connectivity index (χ0) is 14.6. The number of nitrogens with two attached hydrogens (primary N) is 1. The molecule has 0 saturated heterocycles. The molecule has 1 aliphatic carbocycles. The molecule has 0 aliphatic heterocycles. The van der Waals surface area contributed by atoms with Crippen molar-refractivity contribution in [2.24, 2.45) is 11.1 Å². The van der Waals surface area contributed by atoms with Crippen LogP contribution in [0.5, 0.6) is 0 Å². The Hall–Kier alpha value is -1.79. The van der Waals surface area contributed by atoms with E-state index in [0.29, 0.717) is 12.1 Å². The van der Waals surface area contributed by atoms with Crippen LogP contribution in [0.1, 0.15) is 49.0 Å². The van der Waals surface area contributed by atoms with Gasteiger partial charge in [0.05, 0.1) is 6.54 Å². The van der Waals surface area contributed by atoms with Crippen LogP contribution in [0.25, 0.3) is 0 Å². The molecule has 0 heterocycles. The van der Waals surface area contributed by atoms with E-state index in [1.807, 2.05) is 24.3 Å². The predicted molar refractivity (Wildman–Crippen MR) is 81.3 cm³/mol. The van der Waals surface area contributed by atoms with Crippen molar-refractivity contribution >= 4 is 5.91 Å². The van der Waals surface area contributed by atoms with Gasteiger partial charge in [-0.2, -0.15) is 0 Å². The smallest absolute Gasteiger partial charge is 0.251 e. The lowest BCUT2D eigenvalue weighted by atomic mass is 9.87. The summed E-state index contributed by atoms with van der Waals surface area (Å²) < 4.78 is 0. The third-order valence-electron chi connectivity index (χ3n) is 4.02. The lowest BCUT2D eigenvalue weighted by molar-refractivity contribution is 0.0910. The van der Waals surface area contributed by atoms with Gasteiger partial charge in [0.1, 0.15) is 0 Å². The molecule has 20 heavy (non-hydrogen) atoms. The van der Waals surface area contributed by atoms with E-state index in [9.17, 15) is 4.79 Å². The highest BCUT2D eigenvalue weighted by Crippen LogP contribution is 2.37. The Morgan fingerprint density at radius 3 is 2.95 bits per heavy atom. The number of hydrogen-bond acceptors (Lipinski definition) is 2. The minimum absolute atomic E-state index is 0.0126. The Kier molecular flexibility index (Phi) is 4.46. The van der Waals surface area contributed by atoms with E-state index in [2.05, 4.69) is 31.0 Å². The van der Waals surface area contributed by atoms with Crippen LogP contribution in [0.4, 0.5) is 0 Å². The van der Waals surface area contributed by atoms with E-state index < -0.39 is 0 Å². The molecule has 3 N–H and O–H groups in total. The van der Waals surface area contributed by atoms with E-state index in [1.54, 1.807) is 0 Å². The quantitative estimate of drug-likeness (QED) is 0.810. The maximum Gasteiger partial charge on any atom is 0.251 e. The van der Waals surface area contributed by atoms with Crippen molar-refractivity contribution < 1.29 is 4.79 Å². The Morgan fingerprint density at radius 2 is 2.30 bits per heavy atom. The molecule has 1 fully saturated rings. The van der Waals surface area contributed by atoms with Crippen molar-refractivity contribution in [2.45, 2.75) is 39.2 Å². The second-order valence-electron chi connectivity index (χ2n) is 5.99. The summed E-state index contributed by atoms with van der Waals surface area (Å²) in [5.41, 5.74) is 7.04. The normalized spacial score (nSPS) is 20.1. The molecule has 0 aromatic heterocycles. The van der Waals surface area contributed by atoms with Gasteiger partial charge in [-0.15, -0.1) is 0 Å². The molecule has 1 unspecified atom stereocenters. The fourth-order valence-electron chi connectivity index (χ4n) is 2.73. The van der Waals surface area contributed by atoms with Crippen LogP contribution < -0.4 is 11.1 Å². The number of carbonyl (C=O) groups is 1. The van der Waals surface area contributed by atoms with E-state index in [0.717, 1.165) is 12.0 Å². The summed E-state index contributed by atoms with van der Waals surface area (Å²) in [6.07, 6.45) is 3.41. The van der Waals surface area contributed by atoms with Crippen molar-refractivity contribution in [3.63, 3.8) is 0 Å². The highest BCUT2D eigenvalue weighted by Gasteiger charge is 2.35. The zero-order valence-electron chi connectivity index (χ0n) is 12.2. The Morgan fingerprint density at radius 1 is 1.50 bits per heavy atom. The fourth-order valence-corrected chi connectivity index (χ4v) is 2.73. The van der Waals surface area contributed by atoms with Gasteiger partial charge in [0.15, 0.2) is 0 Å². The summed E-state index contributed by atoms with van der Waals surface area (Å²) in [4.78, 5) is 12.3. The Balaban J connectivity index is 2.09. The number of benzene rings is 1. The molecule has 1 aromatic carbocycles. The van der Waals surface area contributed by atoms with E-state index in [1.165, 1.54) is 12.8 Å². The molecule has 1 saturated carbocycles. The second-order valence-corrected chi connectivity index (χ2v) is 5.99. The average Bonchev–Trinajstić information content (AvgIpc) is 2.76. The van der Waals surface area contributed by atoms with Crippen molar-refractivity contribution in [2.75, 3.05) is 6.54 Å². The van der Waals surface area contributed by atoms with Gasteiger partial charge < -0.3 is 11.1 Å². The first-order valence-electron chi connectivity index (χ1n) is 7.13. The van der Waals surface area contributed by atoms with Gasteiger partial charge in [-0.05, 0) is 36.5 Å². The van der Waals surface area contributed by atoms with E-state index in [-0.39, 0.29) is 17.4 Å². The monoisotopic (exact) mass is 270 g/mol. The summed E-state index contributed by atoms with van der Waals surface area (Å²) in [7, 11) is 0. The van der Waals surface area contributed by atoms with Gasteiger partial charge in [0.25, 0.3) is 5.91 Å². The molecule has 106 valence electrons. The first kappa shape index (κ1) is 14.6. The third kappa shape index (κ3) is 3.40.